The molecule has 3 heteroatoms. The molecule has 0 spiro atoms. The van der Waals surface area contributed by atoms with Gasteiger partial charge in [0.05, 0.1) is 0 Å². The quantitative estimate of drug-likeness (QED) is 0.756. The SMILES string of the molecule is N[C@]1(C(=O)O)Cc2cccc3cccc1c23. The van der Waals surface area contributed by atoms with Crippen LogP contribution >= 0.6 is 0 Å². The van der Waals surface area contributed by atoms with Crippen molar-refractivity contribution in [2.45, 2.75) is 12.0 Å². The number of hydrogen-bond donors (Lipinski definition) is 2. The number of hydrogen-bond acceptors (Lipinski definition) is 2. The van der Waals surface area contributed by atoms with E-state index in [2.05, 4.69) is 0 Å². The van der Waals surface area contributed by atoms with Crippen LogP contribution in [0.5, 0.6) is 0 Å². The molecule has 16 heavy (non-hydrogen) atoms. The predicted molar refractivity (Wildman–Crippen MR) is 61.2 cm³/mol. The van der Waals surface area contributed by atoms with Gasteiger partial charge in [-0.2, -0.15) is 0 Å². The van der Waals surface area contributed by atoms with Crippen LogP contribution in [0.25, 0.3) is 10.8 Å². The molecule has 3 N–H and O–H groups in total. The van der Waals surface area contributed by atoms with Gasteiger partial charge in [0.1, 0.15) is 5.54 Å². The van der Waals surface area contributed by atoms with E-state index in [1.165, 1.54) is 0 Å². The Hall–Kier alpha value is -1.87. The van der Waals surface area contributed by atoms with E-state index in [0.29, 0.717) is 6.42 Å². The minimum atomic E-state index is -1.26. The highest BCUT2D eigenvalue weighted by molar-refractivity contribution is 5.98. The zero-order chi connectivity index (χ0) is 11.3. The molecule has 2 aromatic rings. The van der Waals surface area contributed by atoms with Gasteiger partial charge in [-0.25, -0.2) is 4.79 Å². The second kappa shape index (κ2) is 2.83. The summed E-state index contributed by atoms with van der Waals surface area (Å²) >= 11 is 0. The van der Waals surface area contributed by atoms with Crippen LogP contribution < -0.4 is 5.73 Å². The van der Waals surface area contributed by atoms with Crippen molar-refractivity contribution in [2.75, 3.05) is 0 Å². The summed E-state index contributed by atoms with van der Waals surface area (Å²) < 4.78 is 0. The van der Waals surface area contributed by atoms with Gasteiger partial charge < -0.3 is 10.8 Å². The highest BCUT2D eigenvalue weighted by Crippen LogP contribution is 2.39. The van der Waals surface area contributed by atoms with E-state index >= 15 is 0 Å². The molecule has 0 bridgehead atoms. The Balaban J connectivity index is 2.42. The summed E-state index contributed by atoms with van der Waals surface area (Å²) in [6.45, 7) is 0. The lowest BCUT2D eigenvalue weighted by Gasteiger charge is -2.19. The Kier molecular flexibility index (Phi) is 1.66. The number of carbonyl (C=O) groups is 1. The molecule has 0 amide bonds. The molecule has 1 atom stereocenters. The van der Waals surface area contributed by atoms with E-state index < -0.39 is 11.5 Å². The fourth-order valence-corrected chi connectivity index (χ4v) is 2.52. The minimum Gasteiger partial charge on any atom is -0.480 e. The van der Waals surface area contributed by atoms with Crippen molar-refractivity contribution in [3.63, 3.8) is 0 Å². The largest absolute Gasteiger partial charge is 0.480 e. The first-order chi connectivity index (χ1) is 7.63. The molecule has 0 aromatic heterocycles. The molecule has 1 aliphatic carbocycles. The van der Waals surface area contributed by atoms with Gasteiger partial charge in [0.2, 0.25) is 0 Å². The van der Waals surface area contributed by atoms with Crippen LogP contribution in [-0.4, -0.2) is 11.1 Å². The van der Waals surface area contributed by atoms with Gasteiger partial charge in [-0.05, 0) is 21.9 Å². The second-order valence-corrected chi connectivity index (χ2v) is 4.27. The van der Waals surface area contributed by atoms with Gasteiger partial charge in [-0.3, -0.25) is 0 Å². The first-order valence-corrected chi connectivity index (χ1v) is 5.16. The van der Waals surface area contributed by atoms with Crippen LogP contribution in [0.4, 0.5) is 0 Å². The number of nitrogens with two attached hydrogens (primary N) is 1. The van der Waals surface area contributed by atoms with Gasteiger partial charge in [0, 0.05) is 6.42 Å². The molecule has 0 saturated heterocycles. The number of rotatable bonds is 1. The number of aliphatic carboxylic acids is 1. The maximum Gasteiger partial charge on any atom is 0.328 e. The summed E-state index contributed by atoms with van der Waals surface area (Å²) in [5.74, 6) is -0.962. The molecule has 0 fully saturated rings. The highest BCUT2D eigenvalue weighted by atomic mass is 16.4. The van der Waals surface area contributed by atoms with E-state index in [-0.39, 0.29) is 0 Å². The Morgan fingerprint density at radius 3 is 2.62 bits per heavy atom. The van der Waals surface area contributed by atoms with E-state index in [9.17, 15) is 9.90 Å². The smallest absolute Gasteiger partial charge is 0.328 e. The van der Waals surface area contributed by atoms with E-state index in [0.717, 1.165) is 21.9 Å². The monoisotopic (exact) mass is 213 g/mol. The molecule has 3 nitrogen and oxygen atoms in total. The fourth-order valence-electron chi connectivity index (χ4n) is 2.52. The summed E-state index contributed by atoms with van der Waals surface area (Å²) in [6, 6.07) is 11.5. The molecule has 3 rings (SSSR count). The Labute approximate surface area is 92.5 Å². The van der Waals surface area contributed by atoms with Crippen molar-refractivity contribution in [3.05, 3.63) is 47.5 Å². The van der Waals surface area contributed by atoms with E-state index in [1.54, 1.807) is 0 Å². The molecule has 1 aliphatic rings. The average molecular weight is 213 g/mol. The maximum absolute atomic E-state index is 11.3. The summed E-state index contributed by atoms with van der Waals surface area (Å²) in [4.78, 5) is 11.3. The minimum absolute atomic E-state index is 0.374. The lowest BCUT2D eigenvalue weighted by molar-refractivity contribution is -0.143. The third-order valence-electron chi connectivity index (χ3n) is 3.32. The Morgan fingerprint density at radius 2 is 1.94 bits per heavy atom. The number of carboxylic acid groups (broad SMARTS) is 1. The van der Waals surface area contributed by atoms with Gasteiger partial charge in [-0.1, -0.05) is 36.4 Å². The summed E-state index contributed by atoms with van der Waals surface area (Å²) in [7, 11) is 0. The highest BCUT2D eigenvalue weighted by Gasteiger charge is 2.42. The molecular formula is C13H11NO2. The van der Waals surface area contributed by atoms with Crippen LogP contribution in [0.2, 0.25) is 0 Å². The first-order valence-electron chi connectivity index (χ1n) is 5.16. The maximum atomic E-state index is 11.3. The normalized spacial score (nSPS) is 22.6. The van der Waals surface area contributed by atoms with Crippen molar-refractivity contribution in [1.29, 1.82) is 0 Å². The van der Waals surface area contributed by atoms with Crippen LogP contribution in [0.3, 0.4) is 0 Å². The Morgan fingerprint density at radius 1 is 1.25 bits per heavy atom. The second-order valence-electron chi connectivity index (χ2n) is 4.27. The standard InChI is InChI=1S/C13H11NO2/c14-13(12(15)16)7-9-5-1-3-8-4-2-6-10(13)11(8)9/h1-6H,7,14H2,(H,15,16)/t13-/m1/s1. The molecule has 0 heterocycles. The molecule has 80 valence electrons. The van der Waals surface area contributed by atoms with Crippen LogP contribution in [0.15, 0.2) is 36.4 Å². The van der Waals surface area contributed by atoms with E-state index in [4.69, 9.17) is 5.73 Å². The lowest BCUT2D eigenvalue weighted by Crippen LogP contribution is -2.44. The zero-order valence-corrected chi connectivity index (χ0v) is 8.60. The van der Waals surface area contributed by atoms with Crippen molar-refractivity contribution in [1.82, 2.24) is 0 Å². The van der Waals surface area contributed by atoms with Crippen LogP contribution in [-0.2, 0) is 16.8 Å². The predicted octanol–water partition coefficient (Wildman–Crippen LogP) is 1.63. The lowest BCUT2D eigenvalue weighted by atomic mass is 9.92. The van der Waals surface area contributed by atoms with Gasteiger partial charge in [0.15, 0.2) is 0 Å². The molecule has 2 aromatic carbocycles. The van der Waals surface area contributed by atoms with Gasteiger partial charge in [0.25, 0.3) is 0 Å². The van der Waals surface area contributed by atoms with Crippen molar-refractivity contribution in [3.8, 4) is 0 Å². The van der Waals surface area contributed by atoms with Crippen molar-refractivity contribution >= 4 is 16.7 Å². The summed E-state index contributed by atoms with van der Waals surface area (Å²) in [5, 5.41) is 11.3. The third kappa shape index (κ3) is 0.981. The third-order valence-corrected chi connectivity index (χ3v) is 3.32. The van der Waals surface area contributed by atoms with E-state index in [1.807, 2.05) is 36.4 Å². The van der Waals surface area contributed by atoms with Crippen molar-refractivity contribution in [2.24, 2.45) is 5.73 Å². The number of benzene rings is 2. The average Bonchev–Trinajstić information content (AvgIpc) is 2.57. The molecular weight excluding hydrogens is 202 g/mol. The first kappa shape index (κ1) is 9.36. The van der Waals surface area contributed by atoms with Gasteiger partial charge >= 0.3 is 5.97 Å². The van der Waals surface area contributed by atoms with Crippen molar-refractivity contribution < 1.29 is 9.90 Å². The van der Waals surface area contributed by atoms with Gasteiger partial charge in [-0.15, -0.1) is 0 Å². The molecule has 0 radical (unpaired) electrons. The summed E-state index contributed by atoms with van der Waals surface area (Å²) in [5.41, 5.74) is 6.50. The molecule has 0 aliphatic heterocycles. The fraction of sp³-hybridized carbons (Fsp3) is 0.154. The topological polar surface area (TPSA) is 63.3 Å². The van der Waals surface area contributed by atoms with Crippen LogP contribution in [0.1, 0.15) is 11.1 Å². The van der Waals surface area contributed by atoms with Crippen LogP contribution in [0, 0.1) is 0 Å². The molecule has 0 saturated carbocycles. The molecule has 0 unspecified atom stereocenters. The summed E-state index contributed by atoms with van der Waals surface area (Å²) in [6.07, 6.45) is 0.374. The Bertz CT molecular complexity index is 601. The number of carboxylic acids is 1. The zero-order valence-electron chi connectivity index (χ0n) is 8.60.